The highest BCUT2D eigenvalue weighted by molar-refractivity contribution is 5.27. The molecule has 1 heterocycles. The number of benzene rings is 1. The highest BCUT2D eigenvalue weighted by atomic mass is 16.5. The molecule has 124 valence electrons. The molecule has 1 aliphatic heterocycles. The maximum absolute atomic E-state index is 8.80. The Morgan fingerprint density at radius 1 is 0.909 bits per heavy atom. The first-order valence-corrected chi connectivity index (χ1v) is 8.93. The maximum atomic E-state index is 8.80. The van der Waals surface area contributed by atoms with Crippen molar-refractivity contribution < 1.29 is 9.84 Å². The minimum absolute atomic E-state index is 0.290. The van der Waals surface area contributed by atoms with Crippen molar-refractivity contribution in [3.05, 3.63) is 29.8 Å². The molecule has 0 spiro atoms. The van der Waals surface area contributed by atoms with Crippen molar-refractivity contribution in [3.63, 3.8) is 0 Å². The second kappa shape index (κ2) is 10.6. The molecule has 2 rings (SSSR count). The van der Waals surface area contributed by atoms with Gasteiger partial charge in [-0.2, -0.15) is 0 Å². The van der Waals surface area contributed by atoms with Crippen molar-refractivity contribution in [3.8, 4) is 5.75 Å². The zero-order chi connectivity index (χ0) is 15.5. The molecule has 1 aromatic rings. The summed E-state index contributed by atoms with van der Waals surface area (Å²) >= 11 is 0. The van der Waals surface area contributed by atoms with Crippen LogP contribution >= 0.6 is 0 Å². The number of aryl methyl sites for hydroxylation is 1. The second-order valence-corrected chi connectivity index (χ2v) is 6.28. The van der Waals surface area contributed by atoms with Crippen LogP contribution in [0.2, 0.25) is 0 Å². The standard InChI is InChI=1S/C19H31NO2/c21-16-6-3-8-18-9-11-19(12-10-18)22-17-7-15-20-13-4-1-2-5-14-20/h9-12,21H,1-8,13-17H2. The summed E-state index contributed by atoms with van der Waals surface area (Å²) in [5, 5.41) is 8.80. The Kier molecular flexibility index (Phi) is 8.36. The van der Waals surface area contributed by atoms with Crippen LogP contribution in [0.3, 0.4) is 0 Å². The van der Waals surface area contributed by atoms with Gasteiger partial charge in [-0.3, -0.25) is 0 Å². The Labute approximate surface area is 135 Å². The molecule has 1 fully saturated rings. The summed E-state index contributed by atoms with van der Waals surface area (Å²) in [7, 11) is 0. The van der Waals surface area contributed by atoms with Gasteiger partial charge in [0.2, 0.25) is 0 Å². The van der Waals surface area contributed by atoms with Crippen LogP contribution < -0.4 is 4.74 Å². The fourth-order valence-electron chi connectivity index (χ4n) is 3.03. The van der Waals surface area contributed by atoms with Crippen molar-refractivity contribution in [1.82, 2.24) is 4.90 Å². The molecule has 22 heavy (non-hydrogen) atoms. The van der Waals surface area contributed by atoms with Crippen molar-refractivity contribution in [1.29, 1.82) is 0 Å². The Morgan fingerprint density at radius 3 is 2.32 bits per heavy atom. The van der Waals surface area contributed by atoms with Crippen LogP contribution in [0.25, 0.3) is 0 Å². The van der Waals surface area contributed by atoms with Crippen molar-refractivity contribution >= 4 is 0 Å². The van der Waals surface area contributed by atoms with E-state index in [1.807, 2.05) is 0 Å². The highest BCUT2D eigenvalue weighted by Crippen LogP contribution is 2.14. The molecule has 1 N–H and O–H groups in total. The van der Waals surface area contributed by atoms with Crippen LogP contribution in [0.1, 0.15) is 50.5 Å². The molecule has 0 atom stereocenters. The Bertz CT molecular complexity index is 383. The van der Waals surface area contributed by atoms with Gasteiger partial charge in [-0.1, -0.05) is 25.0 Å². The summed E-state index contributed by atoms with van der Waals surface area (Å²) in [5.41, 5.74) is 1.32. The Balaban J connectivity index is 1.60. The number of likely N-dealkylation sites (tertiary alicyclic amines) is 1. The third-order valence-electron chi connectivity index (χ3n) is 4.38. The molecular formula is C19H31NO2. The van der Waals surface area contributed by atoms with E-state index in [1.54, 1.807) is 0 Å². The maximum Gasteiger partial charge on any atom is 0.119 e. The molecule has 0 aliphatic carbocycles. The molecule has 0 radical (unpaired) electrons. The predicted octanol–water partition coefficient (Wildman–Crippen LogP) is 3.65. The van der Waals surface area contributed by atoms with Crippen LogP contribution in [0.4, 0.5) is 0 Å². The van der Waals surface area contributed by atoms with Crippen molar-refractivity contribution in [2.45, 2.75) is 51.4 Å². The lowest BCUT2D eigenvalue weighted by atomic mass is 10.1. The quantitative estimate of drug-likeness (QED) is 0.707. The fourth-order valence-corrected chi connectivity index (χ4v) is 3.03. The van der Waals surface area contributed by atoms with E-state index < -0.39 is 0 Å². The summed E-state index contributed by atoms with van der Waals surface area (Å²) in [4.78, 5) is 2.58. The van der Waals surface area contributed by atoms with Crippen LogP contribution in [0, 0.1) is 0 Å². The van der Waals surface area contributed by atoms with E-state index in [9.17, 15) is 0 Å². The highest BCUT2D eigenvalue weighted by Gasteiger charge is 2.08. The monoisotopic (exact) mass is 305 g/mol. The smallest absolute Gasteiger partial charge is 0.119 e. The lowest BCUT2D eigenvalue weighted by molar-refractivity contribution is 0.240. The van der Waals surface area contributed by atoms with E-state index in [1.165, 1.54) is 50.9 Å². The molecule has 0 unspecified atom stereocenters. The number of aliphatic hydroxyl groups is 1. The van der Waals surface area contributed by atoms with Gasteiger partial charge in [0.25, 0.3) is 0 Å². The average Bonchev–Trinajstić information content (AvgIpc) is 2.82. The first-order chi connectivity index (χ1) is 10.9. The molecule has 0 aromatic heterocycles. The summed E-state index contributed by atoms with van der Waals surface area (Å²) in [6, 6.07) is 8.42. The minimum Gasteiger partial charge on any atom is -0.494 e. The molecular weight excluding hydrogens is 274 g/mol. The van der Waals surface area contributed by atoms with Gasteiger partial charge in [0.05, 0.1) is 6.61 Å². The Morgan fingerprint density at radius 2 is 1.64 bits per heavy atom. The SMILES string of the molecule is OCCCCc1ccc(OCCCN2CCCCCC2)cc1. The normalized spacial score (nSPS) is 16.4. The third kappa shape index (κ3) is 6.80. The molecule has 0 amide bonds. The number of hydrogen-bond acceptors (Lipinski definition) is 3. The van der Waals surface area contributed by atoms with E-state index in [-0.39, 0.29) is 6.61 Å². The summed E-state index contributed by atoms with van der Waals surface area (Å²) < 4.78 is 5.84. The van der Waals surface area contributed by atoms with Gasteiger partial charge >= 0.3 is 0 Å². The topological polar surface area (TPSA) is 32.7 Å². The first kappa shape index (κ1) is 17.3. The fraction of sp³-hybridized carbons (Fsp3) is 0.684. The number of hydrogen-bond donors (Lipinski definition) is 1. The Hall–Kier alpha value is -1.06. The van der Waals surface area contributed by atoms with Crippen LogP contribution in [0.15, 0.2) is 24.3 Å². The molecule has 0 saturated carbocycles. The van der Waals surface area contributed by atoms with E-state index in [0.717, 1.165) is 38.0 Å². The van der Waals surface area contributed by atoms with Crippen molar-refractivity contribution in [2.24, 2.45) is 0 Å². The van der Waals surface area contributed by atoms with E-state index in [0.29, 0.717) is 0 Å². The van der Waals surface area contributed by atoms with Gasteiger partial charge in [0.15, 0.2) is 0 Å². The number of nitrogens with zero attached hydrogens (tertiary/aromatic N) is 1. The lowest BCUT2D eigenvalue weighted by Crippen LogP contribution is -2.26. The van der Waals surface area contributed by atoms with Gasteiger partial charge in [-0.15, -0.1) is 0 Å². The minimum atomic E-state index is 0.290. The molecule has 1 saturated heterocycles. The van der Waals surface area contributed by atoms with E-state index in [2.05, 4.69) is 29.2 Å². The molecule has 3 heteroatoms. The third-order valence-corrected chi connectivity index (χ3v) is 4.38. The number of aliphatic hydroxyl groups excluding tert-OH is 1. The van der Waals surface area contributed by atoms with Gasteiger partial charge in [0.1, 0.15) is 5.75 Å². The number of rotatable bonds is 9. The zero-order valence-corrected chi connectivity index (χ0v) is 13.8. The summed E-state index contributed by atoms with van der Waals surface area (Å²) in [6.07, 6.45) is 9.60. The average molecular weight is 305 g/mol. The zero-order valence-electron chi connectivity index (χ0n) is 13.8. The van der Waals surface area contributed by atoms with Crippen molar-refractivity contribution in [2.75, 3.05) is 32.8 Å². The van der Waals surface area contributed by atoms with E-state index in [4.69, 9.17) is 9.84 Å². The molecule has 1 aliphatic rings. The summed E-state index contributed by atoms with van der Waals surface area (Å²) in [5.74, 6) is 0.974. The predicted molar refractivity (Wildman–Crippen MR) is 91.5 cm³/mol. The molecule has 3 nitrogen and oxygen atoms in total. The van der Waals surface area contributed by atoms with Gasteiger partial charge in [-0.05, 0) is 69.3 Å². The van der Waals surface area contributed by atoms with Gasteiger partial charge < -0.3 is 14.7 Å². The number of ether oxygens (including phenoxy) is 1. The first-order valence-electron chi connectivity index (χ1n) is 8.93. The molecule has 0 bridgehead atoms. The lowest BCUT2D eigenvalue weighted by Gasteiger charge is -2.19. The number of unbranched alkanes of at least 4 members (excludes halogenated alkanes) is 1. The van der Waals surface area contributed by atoms with Crippen LogP contribution in [0.5, 0.6) is 5.75 Å². The largest absolute Gasteiger partial charge is 0.494 e. The second-order valence-electron chi connectivity index (χ2n) is 6.28. The van der Waals surface area contributed by atoms with Gasteiger partial charge in [-0.25, -0.2) is 0 Å². The summed E-state index contributed by atoms with van der Waals surface area (Å²) in [6.45, 7) is 4.79. The van der Waals surface area contributed by atoms with Crippen LogP contribution in [-0.2, 0) is 6.42 Å². The van der Waals surface area contributed by atoms with E-state index >= 15 is 0 Å². The molecule has 1 aromatic carbocycles. The van der Waals surface area contributed by atoms with Gasteiger partial charge in [0, 0.05) is 13.2 Å². The van der Waals surface area contributed by atoms with Crippen LogP contribution in [-0.4, -0.2) is 42.9 Å².